The van der Waals surface area contributed by atoms with Crippen molar-refractivity contribution in [1.29, 1.82) is 0 Å². The highest BCUT2D eigenvalue weighted by atomic mass is 16.3. The molecule has 0 unspecified atom stereocenters. The first-order chi connectivity index (χ1) is 22.3. The maximum absolute atomic E-state index is 6.64. The zero-order valence-corrected chi connectivity index (χ0v) is 24.2. The zero-order valence-electron chi connectivity index (χ0n) is 24.2. The molecular weight excluding hydrogens is 550 g/mol. The summed E-state index contributed by atoms with van der Waals surface area (Å²) in [4.78, 5) is 15.4. The maximum atomic E-state index is 6.64. The first-order valence-electron chi connectivity index (χ1n) is 15.0. The molecule has 0 spiro atoms. The van der Waals surface area contributed by atoms with E-state index in [1.165, 1.54) is 5.39 Å². The van der Waals surface area contributed by atoms with Crippen molar-refractivity contribution < 1.29 is 4.42 Å². The Labute approximate surface area is 259 Å². The largest absolute Gasteiger partial charge is 0.455 e. The van der Waals surface area contributed by atoms with Gasteiger partial charge in [-0.15, -0.1) is 0 Å². The molecule has 0 amide bonds. The number of fused-ring (bicyclic) bond motifs is 6. The summed E-state index contributed by atoms with van der Waals surface area (Å²) in [5.74, 6) is 0.652. The van der Waals surface area contributed by atoms with E-state index in [1.54, 1.807) is 0 Å². The molecule has 0 saturated heterocycles. The van der Waals surface area contributed by atoms with Gasteiger partial charge in [-0.25, -0.2) is 15.0 Å². The van der Waals surface area contributed by atoms with Crippen molar-refractivity contribution in [3.05, 3.63) is 152 Å². The van der Waals surface area contributed by atoms with Gasteiger partial charge in [0.1, 0.15) is 11.2 Å². The van der Waals surface area contributed by atoms with Crippen LogP contribution in [0.5, 0.6) is 0 Å². The van der Waals surface area contributed by atoms with Crippen LogP contribution < -0.4 is 0 Å². The summed E-state index contributed by atoms with van der Waals surface area (Å²) in [6.07, 6.45) is 0. The first-order valence-corrected chi connectivity index (χ1v) is 15.0. The molecule has 0 radical (unpaired) electrons. The van der Waals surface area contributed by atoms with E-state index < -0.39 is 0 Å². The van der Waals surface area contributed by atoms with E-state index in [4.69, 9.17) is 19.4 Å². The van der Waals surface area contributed by atoms with Crippen LogP contribution in [0.15, 0.2) is 156 Å². The topological polar surface area (TPSA) is 51.8 Å². The summed E-state index contributed by atoms with van der Waals surface area (Å²) in [6, 6.07) is 51.9. The lowest BCUT2D eigenvalue weighted by Gasteiger charge is -2.12. The standard InChI is InChI=1S/C41H25N3O/c1-3-13-27(14-4-1)35-25-36(28-15-5-2-6-16-28)44-41(43-35)29-22-23-34-33(24-29)40-38(32-19-9-10-21-37(32)45-40)39(42-34)31-20-11-17-26-12-7-8-18-30(26)31/h1-25H. The summed E-state index contributed by atoms with van der Waals surface area (Å²) in [5, 5.41) is 5.32. The molecule has 3 aromatic heterocycles. The predicted octanol–water partition coefficient (Wildman–Crippen LogP) is 10.7. The molecule has 0 N–H and O–H groups in total. The van der Waals surface area contributed by atoms with Gasteiger partial charge in [-0.3, -0.25) is 0 Å². The van der Waals surface area contributed by atoms with Gasteiger partial charge in [-0.05, 0) is 41.1 Å². The maximum Gasteiger partial charge on any atom is 0.160 e. The molecule has 3 heterocycles. The van der Waals surface area contributed by atoms with Gasteiger partial charge in [-0.2, -0.15) is 0 Å². The van der Waals surface area contributed by atoms with Crippen LogP contribution in [0.4, 0.5) is 0 Å². The summed E-state index contributed by atoms with van der Waals surface area (Å²) in [5.41, 5.74) is 9.24. The van der Waals surface area contributed by atoms with Gasteiger partial charge < -0.3 is 4.42 Å². The highest BCUT2D eigenvalue weighted by Crippen LogP contribution is 2.42. The van der Waals surface area contributed by atoms with E-state index in [9.17, 15) is 0 Å². The van der Waals surface area contributed by atoms with Crippen LogP contribution in [0.25, 0.3) is 88.8 Å². The van der Waals surface area contributed by atoms with Crippen molar-refractivity contribution in [2.24, 2.45) is 0 Å². The number of hydrogen-bond acceptors (Lipinski definition) is 4. The zero-order chi connectivity index (χ0) is 29.7. The van der Waals surface area contributed by atoms with Gasteiger partial charge in [0.2, 0.25) is 0 Å². The lowest BCUT2D eigenvalue weighted by Crippen LogP contribution is -1.96. The molecule has 0 atom stereocenters. The Morgan fingerprint density at radius 2 is 1.09 bits per heavy atom. The van der Waals surface area contributed by atoms with E-state index in [1.807, 2.05) is 48.5 Å². The molecule has 4 nitrogen and oxygen atoms in total. The van der Waals surface area contributed by atoms with Gasteiger partial charge in [0.25, 0.3) is 0 Å². The van der Waals surface area contributed by atoms with Crippen molar-refractivity contribution in [2.45, 2.75) is 0 Å². The summed E-state index contributed by atoms with van der Waals surface area (Å²) >= 11 is 0. The second-order valence-electron chi connectivity index (χ2n) is 11.2. The molecule has 0 fully saturated rings. The Morgan fingerprint density at radius 3 is 1.84 bits per heavy atom. The molecule has 0 aliphatic heterocycles. The highest BCUT2D eigenvalue weighted by Gasteiger charge is 2.20. The number of hydrogen-bond donors (Lipinski definition) is 0. The summed E-state index contributed by atoms with van der Waals surface area (Å²) in [7, 11) is 0. The minimum Gasteiger partial charge on any atom is -0.455 e. The molecule has 4 heteroatoms. The lowest BCUT2D eigenvalue weighted by molar-refractivity contribution is 0.672. The van der Waals surface area contributed by atoms with E-state index >= 15 is 0 Å². The SMILES string of the molecule is c1ccc(-c2cc(-c3ccccc3)nc(-c3ccc4nc(-c5cccc6ccccc56)c5c6ccccc6oc5c4c3)n2)cc1. The van der Waals surface area contributed by atoms with Gasteiger partial charge in [0, 0.05) is 33.0 Å². The van der Waals surface area contributed by atoms with Crippen LogP contribution in [-0.4, -0.2) is 15.0 Å². The van der Waals surface area contributed by atoms with Gasteiger partial charge >= 0.3 is 0 Å². The average molecular weight is 576 g/mol. The third-order valence-corrected chi connectivity index (χ3v) is 8.47. The third kappa shape index (κ3) is 4.27. The second-order valence-corrected chi connectivity index (χ2v) is 11.2. The number of pyridine rings is 1. The number of para-hydroxylation sites is 1. The Hall–Kier alpha value is -6.13. The number of aromatic nitrogens is 3. The summed E-state index contributed by atoms with van der Waals surface area (Å²) in [6.45, 7) is 0. The van der Waals surface area contributed by atoms with Crippen molar-refractivity contribution in [1.82, 2.24) is 15.0 Å². The fourth-order valence-corrected chi connectivity index (χ4v) is 6.32. The molecule has 9 rings (SSSR count). The molecule has 0 aliphatic rings. The molecule has 210 valence electrons. The van der Waals surface area contributed by atoms with Crippen LogP contribution in [0.2, 0.25) is 0 Å². The van der Waals surface area contributed by atoms with Gasteiger partial charge in [0.05, 0.1) is 28.0 Å². The van der Waals surface area contributed by atoms with Gasteiger partial charge in [0.15, 0.2) is 5.82 Å². The Morgan fingerprint density at radius 1 is 0.444 bits per heavy atom. The predicted molar refractivity (Wildman–Crippen MR) is 184 cm³/mol. The smallest absolute Gasteiger partial charge is 0.160 e. The average Bonchev–Trinajstić information content (AvgIpc) is 3.52. The molecule has 6 aromatic carbocycles. The van der Waals surface area contributed by atoms with Crippen molar-refractivity contribution >= 4 is 43.6 Å². The van der Waals surface area contributed by atoms with Gasteiger partial charge in [-0.1, -0.05) is 121 Å². The van der Waals surface area contributed by atoms with E-state index in [2.05, 4.69) is 103 Å². The summed E-state index contributed by atoms with van der Waals surface area (Å²) < 4.78 is 6.64. The Bertz CT molecular complexity index is 2470. The first kappa shape index (κ1) is 25.4. The molecular formula is C41H25N3O. The van der Waals surface area contributed by atoms with Crippen LogP contribution >= 0.6 is 0 Å². The highest BCUT2D eigenvalue weighted by molar-refractivity contribution is 6.21. The van der Waals surface area contributed by atoms with E-state index in [-0.39, 0.29) is 0 Å². The normalized spacial score (nSPS) is 11.6. The number of rotatable bonds is 4. The molecule has 0 aliphatic carbocycles. The van der Waals surface area contributed by atoms with Crippen molar-refractivity contribution in [3.8, 4) is 45.2 Å². The second kappa shape index (κ2) is 10.2. The fourth-order valence-electron chi connectivity index (χ4n) is 6.32. The number of furan rings is 1. The monoisotopic (exact) mass is 575 g/mol. The third-order valence-electron chi connectivity index (χ3n) is 8.47. The van der Waals surface area contributed by atoms with Crippen LogP contribution in [0.1, 0.15) is 0 Å². The van der Waals surface area contributed by atoms with Crippen LogP contribution in [0.3, 0.4) is 0 Å². The Kier molecular flexibility index (Phi) is 5.78. The van der Waals surface area contributed by atoms with Crippen LogP contribution in [0, 0.1) is 0 Å². The lowest BCUT2D eigenvalue weighted by atomic mass is 9.97. The number of nitrogens with zero attached hydrogens (tertiary/aromatic N) is 3. The molecule has 45 heavy (non-hydrogen) atoms. The van der Waals surface area contributed by atoms with Crippen molar-refractivity contribution in [3.63, 3.8) is 0 Å². The van der Waals surface area contributed by atoms with Crippen LogP contribution in [-0.2, 0) is 0 Å². The van der Waals surface area contributed by atoms with E-state index in [0.29, 0.717) is 5.82 Å². The van der Waals surface area contributed by atoms with Crippen molar-refractivity contribution in [2.75, 3.05) is 0 Å². The minimum atomic E-state index is 0.652. The molecule has 0 saturated carbocycles. The Balaban J connectivity index is 1.31. The number of benzene rings is 6. The fraction of sp³-hybridized carbons (Fsp3) is 0. The molecule has 9 aromatic rings. The molecule has 0 bridgehead atoms. The minimum absolute atomic E-state index is 0.652. The quantitative estimate of drug-likeness (QED) is 0.209. The van der Waals surface area contributed by atoms with E-state index in [0.717, 1.165) is 77.6 Å².